The molecule has 0 aliphatic rings. The summed E-state index contributed by atoms with van der Waals surface area (Å²) in [5, 5.41) is 0. The standard InChI is InChI=1S/3C23H39O3P.Cr/c3*1-4-7-9-10-11-12-13-14-20-16-18-22(19-17-20)23(26-27(24)25)21(6-3)15-8-5-2;/h3*16-19,21,23H,4-15H2,1-3H3;/q;;;+3. The molecule has 0 N–H and O–H groups in total. The van der Waals surface area contributed by atoms with Crippen molar-refractivity contribution in [2.24, 2.45) is 17.8 Å². The SMILES string of the molecule is CCCCCCCCCc1ccc(C(O[P+](=O)[O-])C(CC)CCCC)cc1.CCCCCCCCCc1ccc(C(O[P+](=O)[O-])C(CC)CCCC)cc1.CCCCCCCCCc1ccc(C(O[P+](=O)[O-])C(CC)CCCC)cc1.[Cr+3]. The molecule has 0 amide bonds. The van der Waals surface area contributed by atoms with Crippen LogP contribution in [-0.2, 0) is 63.9 Å². The van der Waals surface area contributed by atoms with Crippen molar-refractivity contribution in [2.75, 3.05) is 0 Å². The molecule has 465 valence electrons. The molecule has 0 heterocycles. The molecule has 82 heavy (non-hydrogen) atoms. The van der Waals surface area contributed by atoms with E-state index in [1.807, 2.05) is 0 Å². The number of aryl methyl sites for hydroxylation is 3. The Balaban J connectivity index is 0.00000119. The minimum Gasteiger partial charge on any atom is -0.566 e. The first-order valence-electron chi connectivity index (χ1n) is 33.1. The maximum absolute atomic E-state index is 11.2. The Morgan fingerprint density at radius 1 is 0.305 bits per heavy atom. The number of benzene rings is 3. The summed E-state index contributed by atoms with van der Waals surface area (Å²) in [6.07, 6.45) is 42.4. The molecule has 13 heteroatoms. The molecule has 0 bridgehead atoms. The summed E-state index contributed by atoms with van der Waals surface area (Å²) in [5.74, 6) is 0.727. The zero-order valence-electron chi connectivity index (χ0n) is 53.3. The van der Waals surface area contributed by atoms with Crippen LogP contribution in [0.25, 0.3) is 0 Å². The fourth-order valence-corrected chi connectivity index (χ4v) is 12.6. The smallest absolute Gasteiger partial charge is 0.566 e. The van der Waals surface area contributed by atoms with Gasteiger partial charge in [0.25, 0.3) is 0 Å². The van der Waals surface area contributed by atoms with E-state index < -0.39 is 24.8 Å². The Labute approximate surface area is 516 Å². The van der Waals surface area contributed by atoms with Gasteiger partial charge in [0.15, 0.2) is 0 Å². The molecule has 3 rings (SSSR count). The Kier molecular flexibility index (Phi) is 53.5. The molecule has 3 aromatic rings. The van der Waals surface area contributed by atoms with Crippen LogP contribution in [0.3, 0.4) is 0 Å². The van der Waals surface area contributed by atoms with E-state index in [9.17, 15) is 28.4 Å². The summed E-state index contributed by atoms with van der Waals surface area (Å²) in [6, 6.07) is 25.3. The minimum atomic E-state index is -2.84. The van der Waals surface area contributed by atoms with E-state index in [2.05, 4.69) is 135 Å². The van der Waals surface area contributed by atoms with E-state index >= 15 is 0 Å². The van der Waals surface area contributed by atoms with E-state index in [1.54, 1.807) is 0 Å². The second kappa shape index (κ2) is 54.6. The van der Waals surface area contributed by atoms with Gasteiger partial charge in [0.1, 0.15) is 18.3 Å². The molecule has 0 aliphatic carbocycles. The van der Waals surface area contributed by atoms with Crippen LogP contribution in [0.1, 0.15) is 326 Å². The number of unbranched alkanes of at least 4 members (excludes halogenated alkanes) is 21. The van der Waals surface area contributed by atoms with Crippen molar-refractivity contribution >= 4 is 24.8 Å². The molecular formula is C69H117CrO9P3+3. The second-order valence-electron chi connectivity index (χ2n) is 23.0. The third-order valence-electron chi connectivity index (χ3n) is 16.4. The Bertz CT molecular complexity index is 1730. The predicted molar refractivity (Wildman–Crippen MR) is 339 cm³/mol. The Hall–Kier alpha value is -1.75. The Morgan fingerprint density at radius 2 is 0.500 bits per heavy atom. The number of hydrogen-bond donors (Lipinski definition) is 0. The van der Waals surface area contributed by atoms with Crippen LogP contribution in [0.2, 0.25) is 0 Å². The van der Waals surface area contributed by atoms with Crippen LogP contribution < -0.4 is 14.7 Å². The molecule has 0 saturated carbocycles. The average Bonchev–Trinajstić information content (AvgIpc) is 3.47. The average molecular weight is 1240 g/mol. The molecule has 0 spiro atoms. The zero-order valence-corrected chi connectivity index (χ0v) is 57.2. The summed E-state index contributed by atoms with van der Waals surface area (Å²) in [7, 11) is -8.53. The van der Waals surface area contributed by atoms with Crippen LogP contribution in [0.15, 0.2) is 72.8 Å². The normalized spacial score (nSPS) is 14.0. The van der Waals surface area contributed by atoms with Gasteiger partial charge < -0.3 is 14.7 Å². The summed E-state index contributed by atoms with van der Waals surface area (Å²) < 4.78 is 49.7. The van der Waals surface area contributed by atoms with Crippen molar-refractivity contribution in [3.8, 4) is 0 Å². The van der Waals surface area contributed by atoms with E-state index in [-0.39, 0.29) is 53.4 Å². The topological polar surface area (TPSA) is 148 Å². The van der Waals surface area contributed by atoms with Crippen LogP contribution >= 0.6 is 24.8 Å². The molecular weight excluding hydrogens is 1120 g/mol. The molecule has 3 aromatic carbocycles. The maximum Gasteiger partial charge on any atom is 3.00 e. The molecule has 9 nitrogen and oxygen atoms in total. The third-order valence-corrected chi connectivity index (χ3v) is 17.6. The van der Waals surface area contributed by atoms with Gasteiger partial charge in [0, 0.05) is 0 Å². The van der Waals surface area contributed by atoms with Crippen LogP contribution in [-0.4, -0.2) is 0 Å². The van der Waals surface area contributed by atoms with Gasteiger partial charge in [-0.3, -0.25) is 0 Å². The molecule has 9 atom stereocenters. The van der Waals surface area contributed by atoms with Crippen molar-refractivity contribution in [3.05, 3.63) is 106 Å². The van der Waals surface area contributed by atoms with Crippen LogP contribution in [0.4, 0.5) is 0 Å². The van der Waals surface area contributed by atoms with Gasteiger partial charge in [-0.05, 0) is 123 Å². The van der Waals surface area contributed by atoms with Crippen molar-refractivity contribution < 1.29 is 59.3 Å². The van der Waals surface area contributed by atoms with Gasteiger partial charge in [-0.2, -0.15) is 0 Å². The summed E-state index contributed by atoms with van der Waals surface area (Å²) in [4.78, 5) is 33.7. The number of hydrogen-bond acceptors (Lipinski definition) is 9. The van der Waals surface area contributed by atoms with E-state index in [4.69, 9.17) is 13.6 Å². The fourth-order valence-electron chi connectivity index (χ4n) is 11.1. The molecule has 9 unspecified atom stereocenters. The maximum atomic E-state index is 11.2. The molecule has 0 fully saturated rings. The predicted octanol–water partition coefficient (Wildman–Crippen LogP) is 21.8. The van der Waals surface area contributed by atoms with Gasteiger partial charge in [-0.1, -0.05) is 308 Å². The van der Waals surface area contributed by atoms with Gasteiger partial charge in [-0.15, -0.1) is 13.6 Å². The van der Waals surface area contributed by atoms with Crippen molar-refractivity contribution in [3.63, 3.8) is 0 Å². The molecule has 0 aliphatic heterocycles. The van der Waals surface area contributed by atoms with Crippen LogP contribution in [0, 0.1) is 17.8 Å². The monoisotopic (exact) mass is 1230 g/mol. The third kappa shape index (κ3) is 39.1. The zero-order chi connectivity index (χ0) is 59.7. The van der Waals surface area contributed by atoms with Crippen molar-refractivity contribution in [1.82, 2.24) is 0 Å². The second-order valence-corrected chi connectivity index (χ2v) is 25.0. The van der Waals surface area contributed by atoms with Crippen molar-refractivity contribution in [2.45, 2.75) is 312 Å². The number of rotatable bonds is 48. The Morgan fingerprint density at radius 3 is 0.683 bits per heavy atom. The van der Waals surface area contributed by atoms with Gasteiger partial charge in [0.05, 0.1) is 0 Å². The summed E-state index contributed by atoms with van der Waals surface area (Å²) in [6.45, 7) is 19.6. The van der Waals surface area contributed by atoms with Gasteiger partial charge in [0.2, 0.25) is 0 Å². The van der Waals surface area contributed by atoms with Crippen LogP contribution in [0.5, 0.6) is 0 Å². The fraction of sp³-hybridized carbons (Fsp3) is 0.739. The van der Waals surface area contributed by atoms with Gasteiger partial charge >= 0.3 is 42.1 Å². The minimum absolute atomic E-state index is 0. The van der Waals surface area contributed by atoms with E-state index in [1.165, 1.54) is 152 Å². The largest absolute Gasteiger partial charge is 3.00 e. The van der Waals surface area contributed by atoms with Crippen molar-refractivity contribution in [1.29, 1.82) is 0 Å². The summed E-state index contributed by atoms with van der Waals surface area (Å²) >= 11 is 0. The first-order valence-corrected chi connectivity index (χ1v) is 36.3. The first kappa shape index (κ1) is 80.3. The first-order chi connectivity index (χ1) is 39.4. The van der Waals surface area contributed by atoms with Gasteiger partial charge in [-0.25, -0.2) is 0 Å². The quantitative estimate of drug-likeness (QED) is 0.0398. The molecule has 1 radical (unpaired) electrons. The molecule has 0 saturated heterocycles. The van der Waals surface area contributed by atoms with E-state index in [0.29, 0.717) is 0 Å². The molecule has 0 aromatic heterocycles. The summed E-state index contributed by atoms with van der Waals surface area (Å²) in [5.41, 5.74) is 6.96. The van der Waals surface area contributed by atoms with E-state index in [0.717, 1.165) is 113 Å².